The van der Waals surface area contributed by atoms with Gasteiger partial charge in [0.2, 0.25) is 0 Å². The third-order valence-corrected chi connectivity index (χ3v) is 2.20. The van der Waals surface area contributed by atoms with Crippen LogP contribution in [0.15, 0.2) is 12.1 Å². The minimum Gasteiger partial charge on any atom is -0.507 e. The lowest BCUT2D eigenvalue weighted by molar-refractivity contribution is 0.466. The zero-order valence-corrected chi connectivity index (χ0v) is 9.27. The monoisotopic (exact) mass is 216 g/mol. The molecule has 0 heterocycles. The fourth-order valence-electron chi connectivity index (χ4n) is 1.34. The van der Waals surface area contributed by atoms with E-state index in [-0.39, 0.29) is 18.4 Å². The molecule has 5 N–H and O–H groups in total. The summed E-state index contributed by atoms with van der Waals surface area (Å²) in [6.07, 6.45) is 0. The number of nitrogens with two attached hydrogens (primary N) is 2. The second-order valence-corrected chi connectivity index (χ2v) is 3.35. The van der Waals surface area contributed by atoms with Gasteiger partial charge < -0.3 is 16.6 Å². The van der Waals surface area contributed by atoms with E-state index in [1.165, 1.54) is 0 Å². The normalized spacial score (nSPS) is 12.0. The summed E-state index contributed by atoms with van der Waals surface area (Å²) >= 11 is 0. The molecule has 0 amide bonds. The maximum Gasteiger partial charge on any atom is 0.121 e. The van der Waals surface area contributed by atoms with Gasteiger partial charge in [0.05, 0.1) is 0 Å². The highest BCUT2D eigenvalue weighted by molar-refractivity contribution is 5.85. The van der Waals surface area contributed by atoms with E-state index in [9.17, 15) is 5.11 Å². The van der Waals surface area contributed by atoms with Crippen molar-refractivity contribution in [2.45, 2.75) is 19.9 Å². The quantitative estimate of drug-likeness (QED) is 0.700. The Morgan fingerprint density at radius 3 is 2.07 bits per heavy atom. The van der Waals surface area contributed by atoms with Crippen molar-refractivity contribution >= 4 is 12.4 Å². The Hall–Kier alpha value is -0.770. The number of hydrogen-bond donors (Lipinski definition) is 3. The molecule has 4 heteroatoms. The van der Waals surface area contributed by atoms with Crippen molar-refractivity contribution in [1.29, 1.82) is 0 Å². The number of aryl methyl sites for hydroxylation is 2. The zero-order valence-electron chi connectivity index (χ0n) is 8.45. The number of halogens is 1. The van der Waals surface area contributed by atoms with E-state index in [2.05, 4.69) is 0 Å². The second-order valence-electron chi connectivity index (χ2n) is 3.35. The fourth-order valence-corrected chi connectivity index (χ4v) is 1.34. The maximum absolute atomic E-state index is 9.51. The molecule has 0 saturated carbocycles. The molecule has 0 spiro atoms. The lowest BCUT2D eigenvalue weighted by atomic mass is 10.0. The van der Waals surface area contributed by atoms with Crippen LogP contribution in [0.25, 0.3) is 0 Å². The number of phenols is 1. The van der Waals surface area contributed by atoms with Gasteiger partial charge in [0.25, 0.3) is 0 Å². The van der Waals surface area contributed by atoms with Gasteiger partial charge in [-0.2, -0.15) is 0 Å². The average molecular weight is 217 g/mol. The Kier molecular flexibility index (Phi) is 4.91. The molecule has 1 atom stereocenters. The Morgan fingerprint density at radius 2 is 1.71 bits per heavy atom. The maximum atomic E-state index is 9.51. The molecule has 0 radical (unpaired) electrons. The lowest BCUT2D eigenvalue weighted by Crippen LogP contribution is -2.20. The van der Waals surface area contributed by atoms with E-state index in [4.69, 9.17) is 11.5 Å². The SMILES string of the molecule is Cc1cc([C@@H](N)CN)cc(C)c1O.Cl. The van der Waals surface area contributed by atoms with Gasteiger partial charge in [-0.15, -0.1) is 12.4 Å². The van der Waals surface area contributed by atoms with Gasteiger partial charge in [0.15, 0.2) is 0 Å². The number of aromatic hydroxyl groups is 1. The summed E-state index contributed by atoms with van der Waals surface area (Å²) in [4.78, 5) is 0. The van der Waals surface area contributed by atoms with Crippen molar-refractivity contribution in [1.82, 2.24) is 0 Å². The van der Waals surface area contributed by atoms with E-state index in [0.717, 1.165) is 16.7 Å². The van der Waals surface area contributed by atoms with E-state index in [1.54, 1.807) is 0 Å². The molecule has 14 heavy (non-hydrogen) atoms. The highest BCUT2D eigenvalue weighted by atomic mass is 35.5. The first-order chi connectivity index (χ1) is 6.06. The first-order valence-corrected chi connectivity index (χ1v) is 4.32. The van der Waals surface area contributed by atoms with Gasteiger partial charge >= 0.3 is 0 Å². The number of hydrogen-bond acceptors (Lipinski definition) is 3. The van der Waals surface area contributed by atoms with Crippen molar-refractivity contribution in [2.75, 3.05) is 6.54 Å². The van der Waals surface area contributed by atoms with Crippen LogP contribution in [0.4, 0.5) is 0 Å². The standard InChI is InChI=1S/C10H16N2O.ClH/c1-6-3-8(9(12)5-11)4-7(2)10(6)13;/h3-4,9,13H,5,11-12H2,1-2H3;1H/t9-;/m0./s1. The molecule has 0 aliphatic carbocycles. The Morgan fingerprint density at radius 1 is 1.29 bits per heavy atom. The zero-order chi connectivity index (χ0) is 10.0. The predicted octanol–water partition coefficient (Wildman–Crippen LogP) is 1.39. The molecule has 1 aromatic carbocycles. The third-order valence-electron chi connectivity index (χ3n) is 2.20. The topological polar surface area (TPSA) is 72.3 Å². The Labute approximate surface area is 90.5 Å². The van der Waals surface area contributed by atoms with E-state index in [1.807, 2.05) is 26.0 Å². The largest absolute Gasteiger partial charge is 0.507 e. The van der Waals surface area contributed by atoms with Gasteiger partial charge in [-0.3, -0.25) is 0 Å². The molecule has 0 aliphatic rings. The van der Waals surface area contributed by atoms with E-state index >= 15 is 0 Å². The van der Waals surface area contributed by atoms with Crippen molar-refractivity contribution < 1.29 is 5.11 Å². The molecule has 0 aromatic heterocycles. The fraction of sp³-hybridized carbons (Fsp3) is 0.400. The van der Waals surface area contributed by atoms with Crippen LogP contribution in [0.3, 0.4) is 0 Å². The molecule has 0 fully saturated rings. The van der Waals surface area contributed by atoms with Gasteiger partial charge in [-0.1, -0.05) is 12.1 Å². The van der Waals surface area contributed by atoms with Crippen LogP contribution in [0.1, 0.15) is 22.7 Å². The summed E-state index contributed by atoms with van der Waals surface area (Å²) in [5.74, 6) is 0.341. The molecular formula is C10H17ClN2O. The van der Waals surface area contributed by atoms with E-state index in [0.29, 0.717) is 12.3 Å². The molecule has 1 aromatic rings. The van der Waals surface area contributed by atoms with Gasteiger partial charge in [0, 0.05) is 12.6 Å². The number of benzene rings is 1. The number of phenolic OH excluding ortho intramolecular Hbond substituents is 1. The highest BCUT2D eigenvalue weighted by Crippen LogP contribution is 2.24. The van der Waals surface area contributed by atoms with Crippen molar-refractivity contribution in [2.24, 2.45) is 11.5 Å². The highest BCUT2D eigenvalue weighted by Gasteiger charge is 2.07. The molecular weight excluding hydrogens is 200 g/mol. The lowest BCUT2D eigenvalue weighted by Gasteiger charge is -2.12. The summed E-state index contributed by atoms with van der Waals surface area (Å²) < 4.78 is 0. The first kappa shape index (κ1) is 13.2. The second kappa shape index (κ2) is 5.20. The van der Waals surface area contributed by atoms with Gasteiger partial charge in [-0.25, -0.2) is 0 Å². The van der Waals surface area contributed by atoms with Crippen molar-refractivity contribution in [3.63, 3.8) is 0 Å². The molecule has 1 rings (SSSR count). The van der Waals surface area contributed by atoms with Crippen LogP contribution in [0, 0.1) is 13.8 Å². The molecule has 80 valence electrons. The minimum absolute atomic E-state index is 0. The summed E-state index contributed by atoms with van der Waals surface area (Å²) in [6, 6.07) is 3.61. The smallest absolute Gasteiger partial charge is 0.121 e. The van der Waals surface area contributed by atoms with Crippen LogP contribution in [0.2, 0.25) is 0 Å². The van der Waals surface area contributed by atoms with Crippen LogP contribution in [0.5, 0.6) is 5.75 Å². The minimum atomic E-state index is -0.141. The summed E-state index contributed by atoms with van der Waals surface area (Å²) in [5, 5.41) is 9.51. The Bertz CT molecular complexity index is 292. The Balaban J connectivity index is 0.00000169. The molecule has 0 bridgehead atoms. The molecule has 0 unspecified atom stereocenters. The molecule has 0 saturated heterocycles. The van der Waals surface area contributed by atoms with Gasteiger partial charge in [0.1, 0.15) is 5.75 Å². The third kappa shape index (κ3) is 2.61. The molecule has 3 nitrogen and oxygen atoms in total. The molecule has 0 aliphatic heterocycles. The van der Waals surface area contributed by atoms with Crippen LogP contribution in [-0.4, -0.2) is 11.7 Å². The van der Waals surface area contributed by atoms with Crippen molar-refractivity contribution in [3.8, 4) is 5.75 Å². The summed E-state index contributed by atoms with van der Waals surface area (Å²) in [6.45, 7) is 4.13. The summed E-state index contributed by atoms with van der Waals surface area (Å²) in [7, 11) is 0. The first-order valence-electron chi connectivity index (χ1n) is 4.32. The van der Waals surface area contributed by atoms with Crippen LogP contribution < -0.4 is 11.5 Å². The van der Waals surface area contributed by atoms with Crippen LogP contribution >= 0.6 is 12.4 Å². The summed E-state index contributed by atoms with van der Waals surface area (Å²) in [5.41, 5.74) is 13.9. The average Bonchev–Trinajstić information content (AvgIpc) is 2.12. The predicted molar refractivity (Wildman–Crippen MR) is 60.8 cm³/mol. The number of rotatable bonds is 2. The van der Waals surface area contributed by atoms with Crippen LogP contribution in [-0.2, 0) is 0 Å². The van der Waals surface area contributed by atoms with Gasteiger partial charge in [-0.05, 0) is 30.5 Å². The van der Waals surface area contributed by atoms with Crippen molar-refractivity contribution in [3.05, 3.63) is 28.8 Å². The van der Waals surface area contributed by atoms with E-state index < -0.39 is 0 Å².